The summed E-state index contributed by atoms with van der Waals surface area (Å²) in [5.41, 5.74) is 0.142. The van der Waals surface area contributed by atoms with Crippen molar-refractivity contribution in [1.82, 2.24) is 15.0 Å². The standard InChI is InChI=1S/C9H11Cl2N3O3S/c1-12-18(16,17)5-4-13-9(15)6-2-3-7(10)14-8(6)11/h2-3,12H,4-5H2,1H3,(H,13,15). The summed E-state index contributed by atoms with van der Waals surface area (Å²) in [5, 5.41) is 2.57. The molecule has 0 unspecified atom stereocenters. The molecule has 0 aliphatic carbocycles. The molecule has 0 atom stereocenters. The molecule has 0 saturated heterocycles. The second kappa shape index (κ2) is 6.33. The highest BCUT2D eigenvalue weighted by atomic mass is 35.5. The van der Waals surface area contributed by atoms with E-state index in [1.165, 1.54) is 19.2 Å². The van der Waals surface area contributed by atoms with Crippen molar-refractivity contribution in [2.75, 3.05) is 19.3 Å². The quantitative estimate of drug-likeness (QED) is 0.782. The van der Waals surface area contributed by atoms with Crippen LogP contribution in [0.2, 0.25) is 10.3 Å². The predicted octanol–water partition coefficient (Wildman–Crippen LogP) is 0.667. The zero-order valence-electron chi connectivity index (χ0n) is 9.41. The van der Waals surface area contributed by atoms with Crippen molar-refractivity contribution >= 4 is 39.1 Å². The molecule has 9 heteroatoms. The number of hydrogen-bond donors (Lipinski definition) is 2. The third-order valence-electron chi connectivity index (χ3n) is 2.03. The lowest BCUT2D eigenvalue weighted by Crippen LogP contribution is -2.33. The van der Waals surface area contributed by atoms with Gasteiger partial charge in [0.2, 0.25) is 10.0 Å². The molecule has 1 heterocycles. The van der Waals surface area contributed by atoms with E-state index in [0.29, 0.717) is 0 Å². The third-order valence-corrected chi connectivity index (χ3v) is 3.89. The fraction of sp³-hybridized carbons (Fsp3) is 0.333. The Balaban J connectivity index is 2.61. The Morgan fingerprint density at radius 1 is 1.39 bits per heavy atom. The van der Waals surface area contributed by atoms with Crippen molar-refractivity contribution in [3.8, 4) is 0 Å². The summed E-state index contributed by atoms with van der Waals surface area (Å²) < 4.78 is 24.4. The van der Waals surface area contributed by atoms with Gasteiger partial charge in [-0.3, -0.25) is 4.79 Å². The third kappa shape index (κ3) is 4.41. The number of sulfonamides is 1. The van der Waals surface area contributed by atoms with Crippen LogP contribution < -0.4 is 10.0 Å². The topological polar surface area (TPSA) is 88.2 Å². The van der Waals surface area contributed by atoms with Crippen LogP contribution >= 0.6 is 23.2 Å². The highest BCUT2D eigenvalue weighted by Crippen LogP contribution is 2.16. The molecular weight excluding hydrogens is 301 g/mol. The summed E-state index contributed by atoms with van der Waals surface area (Å²) in [6.45, 7) is -0.0268. The molecule has 0 fully saturated rings. The van der Waals surface area contributed by atoms with E-state index in [1.807, 2.05) is 0 Å². The van der Waals surface area contributed by atoms with Crippen LogP contribution in [-0.2, 0) is 10.0 Å². The number of pyridine rings is 1. The normalized spacial score (nSPS) is 11.3. The average molecular weight is 312 g/mol. The molecule has 0 saturated carbocycles. The molecule has 1 aromatic heterocycles. The highest BCUT2D eigenvalue weighted by molar-refractivity contribution is 7.89. The van der Waals surface area contributed by atoms with E-state index < -0.39 is 15.9 Å². The van der Waals surface area contributed by atoms with Gasteiger partial charge >= 0.3 is 0 Å². The molecule has 0 aliphatic rings. The van der Waals surface area contributed by atoms with Crippen molar-refractivity contribution in [2.45, 2.75) is 0 Å². The predicted molar refractivity (Wildman–Crippen MR) is 69.4 cm³/mol. The molecule has 0 radical (unpaired) electrons. The number of nitrogens with one attached hydrogen (secondary N) is 2. The van der Waals surface area contributed by atoms with Gasteiger partial charge in [-0.05, 0) is 19.2 Å². The maximum absolute atomic E-state index is 11.7. The van der Waals surface area contributed by atoms with Gasteiger partial charge in [0, 0.05) is 6.54 Å². The van der Waals surface area contributed by atoms with E-state index in [0.717, 1.165) is 0 Å². The molecule has 1 rings (SSSR count). The van der Waals surface area contributed by atoms with Gasteiger partial charge in [-0.2, -0.15) is 0 Å². The second-order valence-corrected chi connectivity index (χ2v) is 6.04. The van der Waals surface area contributed by atoms with Crippen LogP contribution in [-0.4, -0.2) is 38.7 Å². The average Bonchev–Trinajstić information content (AvgIpc) is 2.28. The lowest BCUT2D eigenvalue weighted by Gasteiger charge is -2.06. The molecule has 0 spiro atoms. The van der Waals surface area contributed by atoms with Crippen LogP contribution in [0, 0.1) is 0 Å². The van der Waals surface area contributed by atoms with Crippen LogP contribution in [0.1, 0.15) is 10.4 Å². The summed E-state index contributed by atoms with van der Waals surface area (Å²) in [5.74, 6) is -0.719. The molecule has 1 amide bonds. The first kappa shape index (κ1) is 15.2. The van der Waals surface area contributed by atoms with Gasteiger partial charge in [-0.25, -0.2) is 18.1 Å². The van der Waals surface area contributed by atoms with Crippen LogP contribution in [0.3, 0.4) is 0 Å². The maximum Gasteiger partial charge on any atom is 0.254 e. The summed E-state index contributed by atoms with van der Waals surface area (Å²) in [7, 11) is -2.05. The largest absolute Gasteiger partial charge is 0.351 e. The van der Waals surface area contributed by atoms with Crippen LogP contribution in [0.4, 0.5) is 0 Å². The minimum Gasteiger partial charge on any atom is -0.351 e. The molecular formula is C9H11Cl2N3O3S. The van der Waals surface area contributed by atoms with E-state index >= 15 is 0 Å². The molecule has 18 heavy (non-hydrogen) atoms. The van der Waals surface area contributed by atoms with E-state index in [1.54, 1.807) is 0 Å². The Labute approximate surface area is 115 Å². The monoisotopic (exact) mass is 311 g/mol. The fourth-order valence-electron chi connectivity index (χ4n) is 1.08. The zero-order valence-corrected chi connectivity index (χ0v) is 11.7. The SMILES string of the molecule is CNS(=O)(=O)CCNC(=O)c1ccc(Cl)nc1Cl. The van der Waals surface area contributed by atoms with Gasteiger partial charge in [0.25, 0.3) is 5.91 Å². The van der Waals surface area contributed by atoms with Gasteiger partial charge < -0.3 is 5.32 Å². The van der Waals surface area contributed by atoms with Crippen LogP contribution in [0.5, 0.6) is 0 Å². The number of carbonyl (C=O) groups excluding carboxylic acids is 1. The number of halogens is 2. The van der Waals surface area contributed by atoms with Crippen LogP contribution in [0.15, 0.2) is 12.1 Å². The van der Waals surface area contributed by atoms with E-state index in [-0.39, 0.29) is 28.2 Å². The first-order chi connectivity index (χ1) is 8.35. The number of amides is 1. The summed E-state index contributed by atoms with van der Waals surface area (Å²) in [6, 6.07) is 2.84. The van der Waals surface area contributed by atoms with Gasteiger partial charge in [0.1, 0.15) is 10.3 Å². The smallest absolute Gasteiger partial charge is 0.254 e. The van der Waals surface area contributed by atoms with Crippen molar-refractivity contribution in [1.29, 1.82) is 0 Å². The second-order valence-electron chi connectivity index (χ2n) is 3.25. The van der Waals surface area contributed by atoms with Crippen molar-refractivity contribution in [3.05, 3.63) is 28.0 Å². The fourth-order valence-corrected chi connectivity index (χ4v) is 2.08. The summed E-state index contributed by atoms with van der Waals surface area (Å²) >= 11 is 11.3. The Kier molecular flexibility index (Phi) is 5.33. The van der Waals surface area contributed by atoms with Crippen molar-refractivity contribution < 1.29 is 13.2 Å². The number of aromatic nitrogens is 1. The summed E-state index contributed by atoms with van der Waals surface area (Å²) in [6.07, 6.45) is 0. The number of nitrogens with zero attached hydrogens (tertiary/aromatic N) is 1. The molecule has 100 valence electrons. The van der Waals surface area contributed by atoms with E-state index in [4.69, 9.17) is 23.2 Å². The van der Waals surface area contributed by atoms with Gasteiger partial charge in [0.05, 0.1) is 11.3 Å². The minimum atomic E-state index is -3.35. The van der Waals surface area contributed by atoms with Gasteiger partial charge in [-0.15, -0.1) is 0 Å². The molecule has 2 N–H and O–H groups in total. The van der Waals surface area contributed by atoms with Gasteiger partial charge in [0.15, 0.2) is 0 Å². The molecule has 0 aliphatic heterocycles. The number of rotatable bonds is 5. The Morgan fingerprint density at radius 2 is 2.06 bits per heavy atom. The Hall–Kier alpha value is -0.890. The maximum atomic E-state index is 11.7. The van der Waals surface area contributed by atoms with Gasteiger partial charge in [-0.1, -0.05) is 23.2 Å². The Morgan fingerprint density at radius 3 is 2.61 bits per heavy atom. The van der Waals surface area contributed by atoms with Crippen molar-refractivity contribution in [2.24, 2.45) is 0 Å². The van der Waals surface area contributed by atoms with Crippen LogP contribution in [0.25, 0.3) is 0 Å². The van der Waals surface area contributed by atoms with Crippen molar-refractivity contribution in [3.63, 3.8) is 0 Å². The molecule has 0 aromatic carbocycles. The summed E-state index contributed by atoms with van der Waals surface area (Å²) in [4.78, 5) is 15.4. The minimum absolute atomic E-state index is 0.0268. The number of hydrogen-bond acceptors (Lipinski definition) is 4. The first-order valence-electron chi connectivity index (χ1n) is 4.87. The Bertz CT molecular complexity index is 548. The lowest BCUT2D eigenvalue weighted by atomic mass is 10.3. The highest BCUT2D eigenvalue weighted by Gasteiger charge is 2.13. The first-order valence-corrected chi connectivity index (χ1v) is 7.28. The van der Waals surface area contributed by atoms with E-state index in [2.05, 4.69) is 15.0 Å². The molecule has 1 aromatic rings. The molecule has 0 bridgehead atoms. The zero-order chi connectivity index (χ0) is 13.8. The van der Waals surface area contributed by atoms with E-state index in [9.17, 15) is 13.2 Å². The molecule has 6 nitrogen and oxygen atoms in total. The lowest BCUT2D eigenvalue weighted by molar-refractivity contribution is 0.0956. The number of carbonyl (C=O) groups is 1.